The van der Waals surface area contributed by atoms with Crippen molar-refractivity contribution < 1.29 is 14.3 Å². The lowest BCUT2D eigenvalue weighted by atomic mass is 9.70. The Morgan fingerprint density at radius 3 is 2.55 bits per heavy atom. The number of aryl methyl sites for hydroxylation is 1. The maximum atomic E-state index is 12.4. The highest BCUT2D eigenvalue weighted by Crippen LogP contribution is 2.38. The first-order valence-corrected chi connectivity index (χ1v) is 7.50. The zero-order chi connectivity index (χ0) is 16.8. The Kier molecular flexibility index (Phi) is 6.41. The van der Waals surface area contributed by atoms with Crippen molar-refractivity contribution in [2.45, 2.75) is 32.6 Å². The van der Waals surface area contributed by atoms with Crippen molar-refractivity contribution >= 4 is 5.97 Å². The van der Waals surface area contributed by atoms with Crippen LogP contribution >= 0.6 is 0 Å². The third kappa shape index (κ3) is 3.79. The van der Waals surface area contributed by atoms with E-state index in [1.807, 2.05) is 39.0 Å². The van der Waals surface area contributed by atoms with Gasteiger partial charge in [0.25, 0.3) is 0 Å². The Morgan fingerprint density at radius 2 is 2.05 bits per heavy atom. The second kappa shape index (κ2) is 7.83. The molecule has 2 atom stereocenters. The Morgan fingerprint density at radius 1 is 1.36 bits per heavy atom. The number of carbonyl (C=O) groups is 1. The van der Waals surface area contributed by atoms with Gasteiger partial charge in [-0.15, -0.1) is 13.2 Å². The molecular weight excluding hydrogens is 276 g/mol. The fourth-order valence-electron chi connectivity index (χ4n) is 2.63. The normalized spacial score (nSPS) is 14.5. The van der Waals surface area contributed by atoms with Crippen molar-refractivity contribution in [3.63, 3.8) is 0 Å². The summed E-state index contributed by atoms with van der Waals surface area (Å²) in [6, 6.07) is 5.96. The van der Waals surface area contributed by atoms with Gasteiger partial charge in [0.15, 0.2) is 0 Å². The zero-order valence-corrected chi connectivity index (χ0v) is 14.0. The molecule has 3 heteroatoms. The maximum Gasteiger partial charge on any atom is 0.310 e. The van der Waals surface area contributed by atoms with E-state index in [9.17, 15) is 4.79 Å². The largest absolute Gasteiger partial charge is 0.497 e. The first-order valence-electron chi connectivity index (χ1n) is 7.50. The predicted octanol–water partition coefficient (Wildman–Crippen LogP) is 4.20. The average molecular weight is 302 g/mol. The molecule has 3 nitrogen and oxygen atoms in total. The van der Waals surface area contributed by atoms with Gasteiger partial charge in [0.2, 0.25) is 0 Å². The second-order valence-electron chi connectivity index (χ2n) is 5.55. The molecule has 0 saturated carbocycles. The highest BCUT2D eigenvalue weighted by molar-refractivity contribution is 5.75. The summed E-state index contributed by atoms with van der Waals surface area (Å²) in [5.74, 6) is 0.170. The number of ether oxygens (including phenoxy) is 2. The molecule has 0 radical (unpaired) electrons. The molecule has 0 aromatic heterocycles. The number of carbonyl (C=O) groups excluding carboxylic acids is 1. The molecule has 0 amide bonds. The van der Waals surface area contributed by atoms with Gasteiger partial charge in [0, 0.05) is 5.41 Å². The lowest BCUT2D eigenvalue weighted by Crippen LogP contribution is -2.36. The molecule has 0 heterocycles. The van der Waals surface area contributed by atoms with Crippen LogP contribution in [0.4, 0.5) is 0 Å². The fraction of sp³-hybridized carbons (Fsp3) is 0.421. The molecule has 0 saturated heterocycles. The Hall–Kier alpha value is -2.03. The van der Waals surface area contributed by atoms with Crippen molar-refractivity contribution in [3.05, 3.63) is 54.6 Å². The summed E-state index contributed by atoms with van der Waals surface area (Å²) in [5.41, 5.74) is 1.50. The Bertz CT molecular complexity index is 548. The van der Waals surface area contributed by atoms with E-state index in [0.717, 1.165) is 16.9 Å². The quantitative estimate of drug-likeness (QED) is 0.533. The average Bonchev–Trinajstić information content (AvgIpc) is 2.51. The standard InChI is InChI=1S/C19H26O3/c1-7-10-17(18(20)22-9-3)19(5,8-2)15-11-14(4)12-16(13-15)21-6/h7-8,11-13,17H,1-2,9-10H2,3-6H3. The minimum absolute atomic E-state index is 0.231. The summed E-state index contributed by atoms with van der Waals surface area (Å²) in [6.45, 7) is 13.9. The Balaban J connectivity index is 3.38. The van der Waals surface area contributed by atoms with Crippen LogP contribution in [0.3, 0.4) is 0 Å². The molecule has 1 aromatic rings. The molecule has 1 rings (SSSR count). The molecule has 0 spiro atoms. The van der Waals surface area contributed by atoms with Crippen LogP contribution in [0.15, 0.2) is 43.5 Å². The third-order valence-electron chi connectivity index (χ3n) is 4.03. The number of methoxy groups -OCH3 is 1. The van der Waals surface area contributed by atoms with Crippen LogP contribution < -0.4 is 4.74 Å². The maximum absolute atomic E-state index is 12.4. The number of esters is 1. The molecule has 0 aliphatic rings. The highest BCUT2D eigenvalue weighted by atomic mass is 16.5. The molecule has 2 unspecified atom stereocenters. The summed E-state index contributed by atoms with van der Waals surface area (Å²) < 4.78 is 10.6. The van der Waals surface area contributed by atoms with Crippen LogP contribution in [0.5, 0.6) is 5.75 Å². The molecule has 0 N–H and O–H groups in total. The minimum atomic E-state index is -0.556. The molecule has 22 heavy (non-hydrogen) atoms. The van der Waals surface area contributed by atoms with Gasteiger partial charge in [-0.2, -0.15) is 0 Å². The fourth-order valence-corrected chi connectivity index (χ4v) is 2.63. The predicted molar refractivity (Wildman–Crippen MR) is 90.2 cm³/mol. The summed E-state index contributed by atoms with van der Waals surface area (Å²) in [4.78, 5) is 12.4. The van der Waals surface area contributed by atoms with Gasteiger partial charge in [-0.1, -0.05) is 25.1 Å². The molecule has 0 fully saturated rings. The number of rotatable bonds is 8. The lowest BCUT2D eigenvalue weighted by molar-refractivity contribution is -0.149. The van der Waals surface area contributed by atoms with E-state index in [1.165, 1.54) is 0 Å². The van der Waals surface area contributed by atoms with Crippen molar-refractivity contribution in [2.75, 3.05) is 13.7 Å². The van der Waals surface area contributed by atoms with Crippen LogP contribution in [0.2, 0.25) is 0 Å². The Labute approximate surface area is 133 Å². The highest BCUT2D eigenvalue weighted by Gasteiger charge is 2.38. The van der Waals surface area contributed by atoms with Crippen molar-refractivity contribution in [1.82, 2.24) is 0 Å². The number of benzene rings is 1. The van der Waals surface area contributed by atoms with Crippen LogP contribution in [-0.4, -0.2) is 19.7 Å². The monoisotopic (exact) mass is 302 g/mol. The summed E-state index contributed by atoms with van der Waals surface area (Å²) in [7, 11) is 1.64. The van der Waals surface area contributed by atoms with Crippen LogP contribution in [0.1, 0.15) is 31.4 Å². The van der Waals surface area contributed by atoms with Crippen molar-refractivity contribution in [1.29, 1.82) is 0 Å². The summed E-state index contributed by atoms with van der Waals surface area (Å²) in [5, 5.41) is 0. The number of hydrogen-bond donors (Lipinski definition) is 0. The van der Waals surface area contributed by atoms with E-state index in [2.05, 4.69) is 19.2 Å². The van der Waals surface area contributed by atoms with Crippen molar-refractivity contribution in [3.8, 4) is 5.75 Å². The van der Waals surface area contributed by atoms with E-state index >= 15 is 0 Å². The number of hydrogen-bond acceptors (Lipinski definition) is 3. The summed E-state index contributed by atoms with van der Waals surface area (Å²) >= 11 is 0. The van der Waals surface area contributed by atoms with E-state index in [0.29, 0.717) is 13.0 Å². The van der Waals surface area contributed by atoms with Gasteiger partial charge >= 0.3 is 5.97 Å². The molecular formula is C19H26O3. The van der Waals surface area contributed by atoms with Crippen molar-refractivity contribution in [2.24, 2.45) is 5.92 Å². The van der Waals surface area contributed by atoms with E-state index in [4.69, 9.17) is 9.47 Å². The van der Waals surface area contributed by atoms with E-state index in [1.54, 1.807) is 13.2 Å². The number of allylic oxidation sites excluding steroid dienone is 2. The van der Waals surface area contributed by atoms with Gasteiger partial charge in [-0.25, -0.2) is 0 Å². The van der Waals surface area contributed by atoms with Gasteiger partial charge in [0.05, 0.1) is 19.6 Å². The molecule has 0 aliphatic carbocycles. The van der Waals surface area contributed by atoms with Gasteiger partial charge in [-0.05, 0) is 43.5 Å². The van der Waals surface area contributed by atoms with Gasteiger partial charge in [0.1, 0.15) is 5.75 Å². The smallest absolute Gasteiger partial charge is 0.310 e. The molecule has 120 valence electrons. The SMILES string of the molecule is C=CCC(C(=O)OCC)C(C)(C=C)c1cc(C)cc(OC)c1. The van der Waals surface area contributed by atoms with Crippen LogP contribution in [0, 0.1) is 12.8 Å². The van der Waals surface area contributed by atoms with E-state index in [-0.39, 0.29) is 11.9 Å². The van der Waals surface area contributed by atoms with Gasteiger partial charge in [-0.3, -0.25) is 4.79 Å². The van der Waals surface area contributed by atoms with Gasteiger partial charge < -0.3 is 9.47 Å². The van der Waals surface area contributed by atoms with Crippen LogP contribution in [-0.2, 0) is 14.9 Å². The minimum Gasteiger partial charge on any atom is -0.497 e. The summed E-state index contributed by atoms with van der Waals surface area (Å²) in [6.07, 6.45) is 4.08. The third-order valence-corrected chi connectivity index (χ3v) is 4.03. The molecule has 0 aliphatic heterocycles. The first-order chi connectivity index (χ1) is 10.4. The lowest BCUT2D eigenvalue weighted by Gasteiger charge is -2.34. The zero-order valence-electron chi connectivity index (χ0n) is 14.0. The second-order valence-corrected chi connectivity index (χ2v) is 5.55. The van der Waals surface area contributed by atoms with E-state index < -0.39 is 5.41 Å². The van der Waals surface area contributed by atoms with Crippen LogP contribution in [0.25, 0.3) is 0 Å². The molecule has 0 bridgehead atoms. The topological polar surface area (TPSA) is 35.5 Å². The molecule has 1 aromatic carbocycles. The first kappa shape index (κ1) is 18.0.